The molecule has 0 aliphatic heterocycles. The molecular weight excluding hydrogens is 282 g/mol. The molecule has 0 radical (unpaired) electrons. The van der Waals surface area contributed by atoms with Crippen LogP contribution in [0.5, 0.6) is 0 Å². The molecule has 2 rings (SSSR count). The van der Waals surface area contributed by atoms with Gasteiger partial charge in [0.05, 0.1) is 28.2 Å². The largest absolute Gasteiger partial charge is 0.399 e. The first-order valence-electron chi connectivity index (χ1n) is 5.62. The number of nitrogens with zero attached hydrogens (tertiary/aromatic N) is 1. The molecule has 20 heavy (non-hydrogen) atoms. The van der Waals surface area contributed by atoms with Crippen LogP contribution in [0.3, 0.4) is 0 Å². The highest BCUT2D eigenvalue weighted by Crippen LogP contribution is 2.19. The van der Waals surface area contributed by atoms with E-state index in [0.717, 1.165) is 18.2 Å². The van der Waals surface area contributed by atoms with Crippen LogP contribution < -0.4 is 5.73 Å². The van der Waals surface area contributed by atoms with Gasteiger partial charge in [-0.05, 0) is 30.3 Å². The zero-order chi connectivity index (χ0) is 14.7. The van der Waals surface area contributed by atoms with E-state index in [4.69, 9.17) is 11.0 Å². The zero-order valence-electron chi connectivity index (χ0n) is 10.3. The second-order valence-electron chi connectivity index (χ2n) is 4.13. The normalized spacial score (nSPS) is 11.8. The molecular formula is C14H10F2N2OS. The molecule has 2 N–H and O–H groups in total. The maximum absolute atomic E-state index is 13.7. The molecule has 2 aromatic rings. The molecule has 0 saturated carbocycles. The van der Waals surface area contributed by atoms with E-state index < -0.39 is 22.4 Å². The molecule has 0 amide bonds. The summed E-state index contributed by atoms with van der Waals surface area (Å²) in [5, 5.41) is 8.64. The highest BCUT2D eigenvalue weighted by atomic mass is 32.2. The van der Waals surface area contributed by atoms with Gasteiger partial charge in [-0.3, -0.25) is 4.21 Å². The van der Waals surface area contributed by atoms with Crippen LogP contribution in [0, 0.1) is 23.0 Å². The van der Waals surface area contributed by atoms with Gasteiger partial charge >= 0.3 is 0 Å². The molecule has 0 aliphatic rings. The first-order chi connectivity index (χ1) is 9.49. The van der Waals surface area contributed by atoms with Crippen molar-refractivity contribution in [3.8, 4) is 6.07 Å². The van der Waals surface area contributed by atoms with Crippen LogP contribution in [0.1, 0.15) is 11.1 Å². The van der Waals surface area contributed by atoms with Crippen LogP contribution >= 0.6 is 0 Å². The summed E-state index contributed by atoms with van der Waals surface area (Å²) in [5.74, 6) is -1.31. The third-order valence-electron chi connectivity index (χ3n) is 2.63. The minimum absolute atomic E-state index is 0.111. The molecule has 0 bridgehead atoms. The minimum atomic E-state index is -1.62. The minimum Gasteiger partial charge on any atom is -0.399 e. The van der Waals surface area contributed by atoms with Gasteiger partial charge in [0, 0.05) is 16.1 Å². The number of nitriles is 1. The van der Waals surface area contributed by atoms with Crippen molar-refractivity contribution in [1.82, 2.24) is 0 Å². The van der Waals surface area contributed by atoms with Gasteiger partial charge in [-0.25, -0.2) is 8.78 Å². The summed E-state index contributed by atoms with van der Waals surface area (Å²) in [5.41, 5.74) is 6.02. The second-order valence-corrected chi connectivity index (χ2v) is 5.58. The highest BCUT2D eigenvalue weighted by Gasteiger charge is 2.11. The van der Waals surface area contributed by atoms with Crippen molar-refractivity contribution >= 4 is 16.5 Å². The van der Waals surface area contributed by atoms with Crippen LogP contribution in [-0.2, 0) is 16.6 Å². The van der Waals surface area contributed by atoms with Gasteiger partial charge in [-0.1, -0.05) is 6.07 Å². The third kappa shape index (κ3) is 3.19. The number of nitrogen functional groups attached to an aromatic ring is 1. The lowest BCUT2D eigenvalue weighted by atomic mass is 10.1. The molecule has 1 unspecified atom stereocenters. The molecule has 0 heterocycles. The fourth-order valence-corrected chi connectivity index (χ4v) is 2.87. The van der Waals surface area contributed by atoms with Crippen LogP contribution in [0.2, 0.25) is 0 Å². The van der Waals surface area contributed by atoms with Gasteiger partial charge in [0.15, 0.2) is 0 Å². The van der Waals surface area contributed by atoms with Crippen LogP contribution in [0.4, 0.5) is 14.5 Å². The fraction of sp³-hybridized carbons (Fsp3) is 0.0714. The zero-order valence-corrected chi connectivity index (χ0v) is 11.1. The van der Waals surface area contributed by atoms with Crippen molar-refractivity contribution in [2.24, 2.45) is 0 Å². The molecule has 0 aliphatic carbocycles. The molecule has 0 saturated heterocycles. The number of anilines is 1. The Balaban J connectivity index is 2.26. The fourth-order valence-electron chi connectivity index (χ4n) is 1.67. The standard InChI is InChI=1S/C14H10F2N2OS/c15-11-4-12(18)6-13(5-11)20(19)8-10-2-1-9(7-17)3-14(10)16/h1-6H,8,18H2. The Kier molecular flexibility index (Phi) is 4.11. The van der Waals surface area contributed by atoms with Crippen molar-refractivity contribution in [2.75, 3.05) is 5.73 Å². The molecule has 1 atom stereocenters. The van der Waals surface area contributed by atoms with E-state index in [9.17, 15) is 13.0 Å². The average molecular weight is 292 g/mol. The summed E-state index contributed by atoms with van der Waals surface area (Å²) in [6.45, 7) is 0. The lowest BCUT2D eigenvalue weighted by Crippen LogP contribution is -2.01. The van der Waals surface area contributed by atoms with Gasteiger partial charge in [0.25, 0.3) is 0 Å². The van der Waals surface area contributed by atoms with Gasteiger partial charge in [0.1, 0.15) is 11.6 Å². The Morgan fingerprint density at radius 2 is 1.95 bits per heavy atom. The van der Waals surface area contributed by atoms with E-state index in [2.05, 4.69) is 0 Å². The monoisotopic (exact) mass is 292 g/mol. The van der Waals surface area contributed by atoms with Gasteiger partial charge in [0.2, 0.25) is 0 Å². The molecule has 102 valence electrons. The first kappa shape index (κ1) is 14.2. The SMILES string of the molecule is N#Cc1ccc(CS(=O)c2cc(N)cc(F)c2)c(F)c1. The van der Waals surface area contributed by atoms with E-state index in [1.165, 1.54) is 18.2 Å². The number of benzene rings is 2. The van der Waals surface area contributed by atoms with E-state index in [0.29, 0.717) is 0 Å². The summed E-state index contributed by atoms with van der Waals surface area (Å²) in [7, 11) is -1.62. The number of rotatable bonds is 3. The Morgan fingerprint density at radius 3 is 2.55 bits per heavy atom. The quantitative estimate of drug-likeness (QED) is 0.884. The Bertz CT molecular complexity index is 705. The van der Waals surface area contributed by atoms with Crippen molar-refractivity contribution in [1.29, 1.82) is 5.26 Å². The van der Waals surface area contributed by atoms with Crippen molar-refractivity contribution < 1.29 is 13.0 Å². The van der Waals surface area contributed by atoms with E-state index >= 15 is 0 Å². The summed E-state index contributed by atoms with van der Waals surface area (Å²) in [4.78, 5) is 0.200. The molecule has 3 nitrogen and oxygen atoms in total. The van der Waals surface area contributed by atoms with E-state index in [1.807, 2.05) is 6.07 Å². The Morgan fingerprint density at radius 1 is 1.20 bits per heavy atom. The lowest BCUT2D eigenvalue weighted by Gasteiger charge is -2.05. The van der Waals surface area contributed by atoms with Gasteiger partial charge in [-0.2, -0.15) is 5.26 Å². The Labute approximate surface area is 117 Å². The number of nitrogens with two attached hydrogens (primary N) is 1. The maximum Gasteiger partial charge on any atom is 0.128 e. The molecule has 6 heteroatoms. The van der Waals surface area contributed by atoms with Gasteiger partial charge < -0.3 is 5.73 Å². The smallest absolute Gasteiger partial charge is 0.128 e. The van der Waals surface area contributed by atoms with Crippen molar-refractivity contribution in [2.45, 2.75) is 10.6 Å². The van der Waals surface area contributed by atoms with Crippen LogP contribution in [0.25, 0.3) is 0 Å². The predicted molar refractivity (Wildman–Crippen MR) is 72.0 cm³/mol. The van der Waals surface area contributed by atoms with Gasteiger partial charge in [-0.15, -0.1) is 0 Å². The average Bonchev–Trinajstić information content (AvgIpc) is 2.39. The molecule has 2 aromatic carbocycles. The Hall–Kier alpha value is -2.26. The maximum atomic E-state index is 13.7. The second kappa shape index (κ2) is 5.80. The van der Waals surface area contributed by atoms with E-state index in [-0.39, 0.29) is 27.5 Å². The summed E-state index contributed by atoms with van der Waals surface area (Å²) in [6, 6.07) is 9.34. The van der Waals surface area contributed by atoms with Crippen molar-refractivity contribution in [3.63, 3.8) is 0 Å². The summed E-state index contributed by atoms with van der Waals surface area (Å²) < 4.78 is 39.0. The molecule has 0 fully saturated rings. The third-order valence-corrected chi connectivity index (χ3v) is 3.96. The highest BCUT2D eigenvalue weighted by molar-refractivity contribution is 7.84. The number of hydrogen-bond acceptors (Lipinski definition) is 3. The van der Waals surface area contributed by atoms with Crippen molar-refractivity contribution in [3.05, 3.63) is 59.2 Å². The molecule has 0 aromatic heterocycles. The topological polar surface area (TPSA) is 66.9 Å². The first-order valence-corrected chi connectivity index (χ1v) is 6.94. The predicted octanol–water partition coefficient (Wildman–Crippen LogP) is 2.73. The molecule has 0 spiro atoms. The van der Waals surface area contributed by atoms with Crippen LogP contribution in [0.15, 0.2) is 41.3 Å². The number of hydrogen-bond donors (Lipinski definition) is 1. The summed E-state index contributed by atoms with van der Waals surface area (Å²) in [6.07, 6.45) is 0. The lowest BCUT2D eigenvalue weighted by molar-refractivity contribution is 0.614. The van der Waals surface area contributed by atoms with Crippen LogP contribution in [-0.4, -0.2) is 4.21 Å². The number of halogens is 2. The van der Waals surface area contributed by atoms with E-state index in [1.54, 1.807) is 0 Å². The summed E-state index contributed by atoms with van der Waals surface area (Å²) >= 11 is 0.